The van der Waals surface area contributed by atoms with Crippen LogP contribution in [-0.2, 0) is 11.3 Å². The molecule has 0 amide bonds. The highest BCUT2D eigenvalue weighted by Gasteiger charge is 2.29. The summed E-state index contributed by atoms with van der Waals surface area (Å²) in [6.45, 7) is 5.81. The molecule has 0 aliphatic carbocycles. The average molecular weight is 437 g/mol. The summed E-state index contributed by atoms with van der Waals surface area (Å²) in [5, 5.41) is 0.771. The van der Waals surface area contributed by atoms with Gasteiger partial charge in [0.25, 0.3) is 0 Å². The van der Waals surface area contributed by atoms with E-state index in [0.717, 1.165) is 62.7 Å². The van der Waals surface area contributed by atoms with E-state index >= 15 is 0 Å². The second-order valence-corrected chi connectivity index (χ2v) is 8.44. The van der Waals surface area contributed by atoms with Crippen molar-refractivity contribution in [1.82, 2.24) is 9.80 Å². The summed E-state index contributed by atoms with van der Waals surface area (Å²) in [7, 11) is 0. The topological polar surface area (TPSA) is 24.9 Å². The minimum absolute atomic E-state index is 0.0704. The first-order valence-corrected chi connectivity index (χ1v) is 10.8. The van der Waals surface area contributed by atoms with Gasteiger partial charge in [-0.3, -0.25) is 9.80 Å². The molecule has 2 heterocycles. The van der Waals surface area contributed by atoms with Crippen molar-refractivity contribution >= 4 is 11.6 Å². The summed E-state index contributed by atoms with van der Waals surface area (Å²) in [5.74, 6) is -1.45. The molecule has 4 rings (SSSR count). The number of hydrogen-bond donors (Lipinski definition) is 0. The van der Waals surface area contributed by atoms with Crippen molar-refractivity contribution in [3.8, 4) is 5.75 Å². The first-order chi connectivity index (χ1) is 14.6. The third kappa shape index (κ3) is 5.70. The normalized spacial score (nSPS) is 21.6. The van der Waals surface area contributed by atoms with Crippen molar-refractivity contribution in [3.05, 3.63) is 64.7 Å². The molecular formula is C23H27ClF2N2O2. The molecule has 2 aromatic rings. The summed E-state index contributed by atoms with van der Waals surface area (Å²) < 4.78 is 37.8. The summed E-state index contributed by atoms with van der Waals surface area (Å²) in [6.07, 6.45) is 2.19. The molecule has 0 saturated carbocycles. The Bertz CT molecular complexity index is 828. The lowest BCUT2D eigenvalue weighted by Crippen LogP contribution is -2.52. The van der Waals surface area contributed by atoms with E-state index in [1.54, 1.807) is 0 Å². The van der Waals surface area contributed by atoms with Crippen LogP contribution in [0.25, 0.3) is 0 Å². The molecule has 2 fully saturated rings. The lowest BCUT2D eigenvalue weighted by atomic mass is 10.0. The Labute approximate surface area is 181 Å². The van der Waals surface area contributed by atoms with Crippen LogP contribution in [0.2, 0.25) is 5.02 Å². The maximum absolute atomic E-state index is 13.3. The molecule has 0 radical (unpaired) electrons. The Morgan fingerprint density at radius 3 is 2.50 bits per heavy atom. The fourth-order valence-corrected chi connectivity index (χ4v) is 4.35. The molecule has 7 heteroatoms. The van der Waals surface area contributed by atoms with Gasteiger partial charge in [-0.2, -0.15) is 0 Å². The van der Waals surface area contributed by atoms with Gasteiger partial charge >= 0.3 is 0 Å². The number of likely N-dealkylation sites (tertiary alicyclic amines) is 1. The molecule has 1 atom stereocenters. The molecule has 2 aliphatic heterocycles. The number of halogens is 3. The Kier molecular flexibility index (Phi) is 7.20. The van der Waals surface area contributed by atoms with E-state index in [-0.39, 0.29) is 6.10 Å². The van der Waals surface area contributed by atoms with Crippen LogP contribution in [0.15, 0.2) is 42.5 Å². The van der Waals surface area contributed by atoms with Gasteiger partial charge in [-0.05, 0) is 55.8 Å². The third-order valence-corrected chi connectivity index (χ3v) is 6.14. The minimum atomic E-state index is -0.899. The highest BCUT2D eigenvalue weighted by Crippen LogP contribution is 2.22. The van der Waals surface area contributed by atoms with E-state index in [9.17, 15) is 8.78 Å². The number of hydrogen-bond acceptors (Lipinski definition) is 4. The van der Waals surface area contributed by atoms with Crippen LogP contribution in [-0.4, -0.2) is 61.3 Å². The molecule has 1 unspecified atom stereocenters. The van der Waals surface area contributed by atoms with Crippen molar-refractivity contribution in [2.45, 2.75) is 31.5 Å². The van der Waals surface area contributed by atoms with Gasteiger partial charge in [-0.15, -0.1) is 0 Å². The standard InChI is InChI=1S/C23H27ClF2N2O2/c24-18-3-1-17(2-4-18)14-27-9-7-19(8-10-27)28-11-12-29-21(15-28)16-30-20-5-6-22(25)23(26)13-20/h1-6,13,19,21H,7-12,14-16H2. The van der Waals surface area contributed by atoms with Gasteiger partial charge in [0.05, 0.1) is 6.61 Å². The predicted molar refractivity (Wildman–Crippen MR) is 113 cm³/mol. The summed E-state index contributed by atoms with van der Waals surface area (Å²) in [6, 6.07) is 12.2. The molecule has 2 aromatic carbocycles. The molecule has 2 saturated heterocycles. The van der Waals surface area contributed by atoms with Crippen LogP contribution in [0, 0.1) is 11.6 Å². The third-order valence-electron chi connectivity index (χ3n) is 5.89. The zero-order valence-corrected chi connectivity index (χ0v) is 17.7. The lowest BCUT2D eigenvalue weighted by Gasteiger charge is -2.42. The van der Waals surface area contributed by atoms with Crippen molar-refractivity contribution < 1.29 is 18.3 Å². The highest BCUT2D eigenvalue weighted by atomic mass is 35.5. The summed E-state index contributed by atoms with van der Waals surface area (Å²) >= 11 is 5.97. The number of benzene rings is 2. The van der Waals surface area contributed by atoms with Crippen LogP contribution < -0.4 is 4.74 Å². The molecule has 0 bridgehead atoms. The Morgan fingerprint density at radius 1 is 1.00 bits per heavy atom. The van der Waals surface area contributed by atoms with Crippen molar-refractivity contribution in [1.29, 1.82) is 0 Å². The maximum atomic E-state index is 13.3. The monoisotopic (exact) mass is 436 g/mol. The number of ether oxygens (including phenoxy) is 2. The van der Waals surface area contributed by atoms with E-state index in [1.807, 2.05) is 12.1 Å². The Hall–Kier alpha value is -1.73. The second-order valence-electron chi connectivity index (χ2n) is 8.01. The van der Waals surface area contributed by atoms with Gasteiger partial charge in [-0.1, -0.05) is 23.7 Å². The van der Waals surface area contributed by atoms with E-state index in [4.69, 9.17) is 21.1 Å². The first kappa shape index (κ1) is 21.5. The first-order valence-electron chi connectivity index (χ1n) is 10.5. The van der Waals surface area contributed by atoms with Crippen LogP contribution in [0.3, 0.4) is 0 Å². The largest absolute Gasteiger partial charge is 0.491 e. The van der Waals surface area contributed by atoms with Gasteiger partial charge in [0.15, 0.2) is 11.6 Å². The number of nitrogens with zero attached hydrogens (tertiary/aromatic N) is 2. The zero-order valence-electron chi connectivity index (χ0n) is 16.9. The zero-order chi connectivity index (χ0) is 20.9. The molecule has 162 valence electrons. The minimum Gasteiger partial charge on any atom is -0.491 e. The Balaban J connectivity index is 1.23. The van der Waals surface area contributed by atoms with Gasteiger partial charge in [0.1, 0.15) is 18.5 Å². The van der Waals surface area contributed by atoms with Crippen molar-refractivity contribution in [2.24, 2.45) is 0 Å². The molecule has 4 nitrogen and oxygen atoms in total. The van der Waals surface area contributed by atoms with Crippen LogP contribution in [0.1, 0.15) is 18.4 Å². The average Bonchev–Trinajstić information content (AvgIpc) is 2.77. The van der Waals surface area contributed by atoms with Gasteiger partial charge in [0, 0.05) is 36.8 Å². The SMILES string of the molecule is Fc1ccc(OCC2CN(C3CCN(Cc4ccc(Cl)cc4)CC3)CCO2)cc1F. The summed E-state index contributed by atoms with van der Waals surface area (Å²) in [5.41, 5.74) is 1.29. The smallest absolute Gasteiger partial charge is 0.162 e. The number of rotatable bonds is 6. The van der Waals surface area contributed by atoms with Gasteiger partial charge < -0.3 is 9.47 Å². The highest BCUT2D eigenvalue weighted by molar-refractivity contribution is 6.30. The van der Waals surface area contributed by atoms with Gasteiger partial charge in [0.2, 0.25) is 0 Å². The molecule has 30 heavy (non-hydrogen) atoms. The molecular weight excluding hydrogens is 410 g/mol. The quantitative estimate of drug-likeness (QED) is 0.671. The fraction of sp³-hybridized carbons (Fsp3) is 0.478. The Morgan fingerprint density at radius 2 is 1.77 bits per heavy atom. The van der Waals surface area contributed by atoms with Crippen molar-refractivity contribution in [3.63, 3.8) is 0 Å². The molecule has 0 spiro atoms. The lowest BCUT2D eigenvalue weighted by molar-refractivity contribution is -0.0674. The van der Waals surface area contributed by atoms with Crippen molar-refractivity contribution in [2.75, 3.05) is 39.4 Å². The molecule has 2 aliphatic rings. The van der Waals surface area contributed by atoms with Crippen LogP contribution >= 0.6 is 11.6 Å². The maximum Gasteiger partial charge on any atom is 0.162 e. The number of morpholine rings is 1. The fourth-order valence-electron chi connectivity index (χ4n) is 4.22. The van der Waals surface area contributed by atoms with E-state index in [2.05, 4.69) is 21.9 Å². The van der Waals surface area contributed by atoms with Crippen LogP contribution in [0.5, 0.6) is 5.75 Å². The summed E-state index contributed by atoms with van der Waals surface area (Å²) in [4.78, 5) is 4.98. The molecule has 0 aromatic heterocycles. The predicted octanol–water partition coefficient (Wildman–Crippen LogP) is 4.36. The van der Waals surface area contributed by atoms with E-state index in [0.29, 0.717) is 25.0 Å². The van der Waals surface area contributed by atoms with Crippen LogP contribution in [0.4, 0.5) is 8.78 Å². The number of piperidine rings is 1. The van der Waals surface area contributed by atoms with E-state index in [1.165, 1.54) is 11.6 Å². The molecule has 0 N–H and O–H groups in total. The second kappa shape index (κ2) is 10.1. The van der Waals surface area contributed by atoms with Gasteiger partial charge in [-0.25, -0.2) is 8.78 Å². The van der Waals surface area contributed by atoms with E-state index < -0.39 is 11.6 Å².